The van der Waals surface area contributed by atoms with Gasteiger partial charge >= 0.3 is 5.69 Å². The topological polar surface area (TPSA) is 63.8 Å². The smallest absolute Gasteiger partial charge is 0.326 e. The average Bonchev–Trinajstić information content (AvgIpc) is 2.66. The van der Waals surface area contributed by atoms with Crippen LogP contribution in [0.25, 0.3) is 11.0 Å². The molecule has 1 aromatic heterocycles. The number of nitrogens with zero attached hydrogens (tertiary/aromatic N) is 1. The summed E-state index contributed by atoms with van der Waals surface area (Å²) in [4.78, 5) is 15.1. The number of nitrogens with two attached hydrogens (primary N) is 1. The Morgan fingerprint density at radius 2 is 2.11 bits per heavy atom. The largest absolute Gasteiger partial charge is 0.399 e. The van der Waals surface area contributed by atoms with Crippen molar-refractivity contribution < 1.29 is 0 Å². The predicted octanol–water partition coefficient (Wildman–Crippen LogP) is 2.66. The molecule has 96 valence electrons. The van der Waals surface area contributed by atoms with E-state index in [1.54, 1.807) is 0 Å². The molecule has 2 atom stereocenters. The SMILES string of the molecule is CC1CCCCC1n1c(=O)[nH]c2ccc(N)cc21. The van der Waals surface area contributed by atoms with Crippen molar-refractivity contribution in [1.82, 2.24) is 9.55 Å². The number of rotatable bonds is 1. The highest BCUT2D eigenvalue weighted by Gasteiger charge is 2.25. The van der Waals surface area contributed by atoms with Gasteiger partial charge in [0.1, 0.15) is 0 Å². The van der Waals surface area contributed by atoms with Gasteiger partial charge in [-0.15, -0.1) is 0 Å². The first-order valence-corrected chi connectivity index (χ1v) is 6.66. The third kappa shape index (κ3) is 1.72. The third-order valence-corrected chi connectivity index (χ3v) is 4.14. The van der Waals surface area contributed by atoms with Crippen LogP contribution in [0.1, 0.15) is 38.6 Å². The molecule has 1 saturated carbocycles. The van der Waals surface area contributed by atoms with Crippen LogP contribution in [-0.2, 0) is 0 Å². The zero-order chi connectivity index (χ0) is 12.7. The fraction of sp³-hybridized carbons (Fsp3) is 0.500. The highest BCUT2D eigenvalue weighted by molar-refractivity contribution is 5.79. The summed E-state index contributed by atoms with van der Waals surface area (Å²) in [5.74, 6) is 0.553. The van der Waals surface area contributed by atoms with Gasteiger partial charge in [-0.2, -0.15) is 0 Å². The third-order valence-electron chi connectivity index (χ3n) is 4.14. The minimum Gasteiger partial charge on any atom is -0.399 e. The monoisotopic (exact) mass is 245 g/mol. The van der Waals surface area contributed by atoms with Crippen molar-refractivity contribution in [3.8, 4) is 0 Å². The minimum atomic E-state index is -0.00523. The van der Waals surface area contributed by atoms with Crippen molar-refractivity contribution in [3.63, 3.8) is 0 Å². The number of fused-ring (bicyclic) bond motifs is 1. The second-order valence-electron chi connectivity index (χ2n) is 5.41. The second-order valence-corrected chi connectivity index (χ2v) is 5.41. The molecule has 0 saturated heterocycles. The van der Waals surface area contributed by atoms with E-state index in [-0.39, 0.29) is 5.69 Å². The lowest BCUT2D eigenvalue weighted by molar-refractivity contribution is 0.258. The molecule has 2 unspecified atom stereocenters. The molecule has 4 nitrogen and oxygen atoms in total. The average molecular weight is 245 g/mol. The van der Waals surface area contributed by atoms with Crippen LogP contribution < -0.4 is 11.4 Å². The van der Waals surface area contributed by atoms with Crippen molar-refractivity contribution in [1.29, 1.82) is 0 Å². The number of nitrogens with one attached hydrogen (secondary N) is 1. The molecule has 1 aromatic carbocycles. The molecule has 0 radical (unpaired) electrons. The number of imidazole rings is 1. The van der Waals surface area contributed by atoms with Gasteiger partial charge in [0.05, 0.1) is 11.0 Å². The molecule has 0 amide bonds. The minimum absolute atomic E-state index is 0.00523. The first kappa shape index (κ1) is 11.4. The van der Waals surface area contributed by atoms with Crippen LogP contribution in [0.15, 0.2) is 23.0 Å². The summed E-state index contributed by atoms with van der Waals surface area (Å²) < 4.78 is 1.91. The number of hydrogen-bond acceptors (Lipinski definition) is 2. The van der Waals surface area contributed by atoms with Gasteiger partial charge in [-0.05, 0) is 37.0 Å². The normalized spacial score (nSPS) is 24.5. The number of aromatic amines is 1. The lowest BCUT2D eigenvalue weighted by Crippen LogP contribution is -2.28. The molecule has 1 heterocycles. The molecular formula is C14H19N3O. The molecule has 4 heteroatoms. The van der Waals surface area contributed by atoms with E-state index >= 15 is 0 Å². The predicted molar refractivity (Wildman–Crippen MR) is 73.6 cm³/mol. The fourth-order valence-corrected chi connectivity index (χ4v) is 3.15. The summed E-state index contributed by atoms with van der Waals surface area (Å²) in [7, 11) is 0. The Morgan fingerprint density at radius 3 is 2.89 bits per heavy atom. The summed E-state index contributed by atoms with van der Waals surface area (Å²) in [6.07, 6.45) is 4.77. The summed E-state index contributed by atoms with van der Waals surface area (Å²) in [6.45, 7) is 2.24. The molecule has 0 aliphatic heterocycles. The van der Waals surface area contributed by atoms with Crippen molar-refractivity contribution in [2.24, 2.45) is 5.92 Å². The Morgan fingerprint density at radius 1 is 1.33 bits per heavy atom. The Kier molecular flexibility index (Phi) is 2.65. The molecule has 2 aromatic rings. The molecule has 0 bridgehead atoms. The van der Waals surface area contributed by atoms with Crippen LogP contribution in [0.3, 0.4) is 0 Å². The van der Waals surface area contributed by atoms with Gasteiger partial charge in [0, 0.05) is 11.7 Å². The summed E-state index contributed by atoms with van der Waals surface area (Å²) in [6, 6.07) is 5.92. The lowest BCUT2D eigenvalue weighted by Gasteiger charge is -2.29. The van der Waals surface area contributed by atoms with Gasteiger partial charge in [0.25, 0.3) is 0 Å². The summed E-state index contributed by atoms with van der Waals surface area (Å²) in [5.41, 5.74) is 8.36. The lowest BCUT2D eigenvalue weighted by atomic mass is 9.85. The number of H-pyrrole nitrogens is 1. The van der Waals surface area contributed by atoms with E-state index in [1.807, 2.05) is 22.8 Å². The van der Waals surface area contributed by atoms with E-state index < -0.39 is 0 Å². The molecule has 3 rings (SSSR count). The van der Waals surface area contributed by atoms with Crippen LogP contribution >= 0.6 is 0 Å². The van der Waals surface area contributed by atoms with Crippen LogP contribution in [0.4, 0.5) is 5.69 Å². The highest BCUT2D eigenvalue weighted by Crippen LogP contribution is 2.34. The number of nitrogen functional groups attached to an aromatic ring is 1. The summed E-state index contributed by atoms with van der Waals surface area (Å²) in [5, 5.41) is 0. The van der Waals surface area contributed by atoms with Crippen molar-refractivity contribution in [3.05, 3.63) is 28.7 Å². The highest BCUT2D eigenvalue weighted by atomic mass is 16.1. The molecule has 0 spiro atoms. The van der Waals surface area contributed by atoms with Crippen LogP contribution in [0, 0.1) is 5.92 Å². The zero-order valence-corrected chi connectivity index (χ0v) is 10.6. The fourth-order valence-electron chi connectivity index (χ4n) is 3.15. The van der Waals surface area contributed by atoms with Gasteiger partial charge in [-0.25, -0.2) is 4.79 Å². The quantitative estimate of drug-likeness (QED) is 0.759. The molecule has 3 N–H and O–H groups in total. The van der Waals surface area contributed by atoms with E-state index in [0.29, 0.717) is 17.6 Å². The van der Waals surface area contributed by atoms with Gasteiger partial charge in [0.15, 0.2) is 0 Å². The van der Waals surface area contributed by atoms with Crippen LogP contribution in [0.2, 0.25) is 0 Å². The van der Waals surface area contributed by atoms with E-state index in [4.69, 9.17) is 5.73 Å². The standard InChI is InChI=1S/C14H19N3O/c1-9-4-2-3-5-12(9)17-13-8-10(15)6-7-11(13)16-14(17)18/h6-9,12H,2-5,15H2,1H3,(H,16,18). The first-order chi connectivity index (χ1) is 8.66. The number of benzene rings is 1. The summed E-state index contributed by atoms with van der Waals surface area (Å²) >= 11 is 0. The van der Waals surface area contributed by atoms with E-state index in [0.717, 1.165) is 17.5 Å². The van der Waals surface area contributed by atoms with Gasteiger partial charge in [0.2, 0.25) is 0 Å². The van der Waals surface area contributed by atoms with Gasteiger partial charge < -0.3 is 10.7 Å². The zero-order valence-electron chi connectivity index (χ0n) is 10.6. The maximum atomic E-state index is 12.2. The van der Waals surface area contributed by atoms with E-state index in [1.165, 1.54) is 19.3 Å². The van der Waals surface area contributed by atoms with Crippen molar-refractivity contribution in [2.75, 3.05) is 5.73 Å². The number of hydrogen-bond donors (Lipinski definition) is 2. The Balaban J connectivity index is 2.18. The number of aromatic nitrogens is 2. The number of anilines is 1. The van der Waals surface area contributed by atoms with Crippen molar-refractivity contribution in [2.45, 2.75) is 38.6 Å². The van der Waals surface area contributed by atoms with Crippen LogP contribution in [-0.4, -0.2) is 9.55 Å². The van der Waals surface area contributed by atoms with E-state index in [2.05, 4.69) is 11.9 Å². The van der Waals surface area contributed by atoms with Crippen molar-refractivity contribution >= 4 is 16.7 Å². The van der Waals surface area contributed by atoms with Gasteiger partial charge in [-0.1, -0.05) is 19.8 Å². The Bertz CT molecular complexity index is 625. The Hall–Kier alpha value is -1.71. The Labute approximate surface area is 106 Å². The molecule has 1 aliphatic carbocycles. The molecule has 1 aliphatic rings. The van der Waals surface area contributed by atoms with Gasteiger partial charge in [-0.3, -0.25) is 4.57 Å². The van der Waals surface area contributed by atoms with Crippen LogP contribution in [0.5, 0.6) is 0 Å². The maximum Gasteiger partial charge on any atom is 0.326 e. The second kappa shape index (κ2) is 4.19. The van der Waals surface area contributed by atoms with E-state index in [9.17, 15) is 4.79 Å². The maximum absolute atomic E-state index is 12.2. The molecule has 1 fully saturated rings. The first-order valence-electron chi connectivity index (χ1n) is 6.66. The molecular weight excluding hydrogens is 226 g/mol. The molecule has 18 heavy (non-hydrogen) atoms.